The number of hydrogen-bond donors (Lipinski definition) is 1. The monoisotopic (exact) mass is 410 g/mol. The second-order valence-electron chi connectivity index (χ2n) is 6.37. The van der Waals surface area contributed by atoms with Crippen molar-refractivity contribution >= 4 is 17.4 Å². The smallest absolute Gasteiger partial charge is 0.247 e. The summed E-state index contributed by atoms with van der Waals surface area (Å²) >= 11 is 1.56. The van der Waals surface area contributed by atoms with Gasteiger partial charge < -0.3 is 19.5 Å². The molecule has 7 nitrogen and oxygen atoms in total. The van der Waals surface area contributed by atoms with Crippen molar-refractivity contribution < 1.29 is 14.2 Å². The predicted molar refractivity (Wildman–Crippen MR) is 113 cm³/mol. The number of nitrogens with zero attached hydrogens (tertiary/aromatic N) is 3. The second-order valence-corrected chi connectivity index (χ2v) is 7.43. The third-order valence-corrected chi connectivity index (χ3v) is 5.53. The standard InChI is InChI=1S/C21H22N4O3S/c1-4-12-29-21-23-20-17(24-25-21)13-8-5-6-10-15(13)22-19(28-20)14-9-7-11-16(26-2)18(14)27-3/h5-11,19,22H,4,12H2,1-3H3/t19-/m0/s1. The summed E-state index contributed by atoms with van der Waals surface area (Å²) in [5, 5.41) is 12.7. The number of ether oxygens (including phenoxy) is 3. The van der Waals surface area contributed by atoms with Gasteiger partial charge >= 0.3 is 0 Å². The van der Waals surface area contributed by atoms with Gasteiger partial charge in [0.05, 0.1) is 19.8 Å². The van der Waals surface area contributed by atoms with Crippen LogP contribution in [0.3, 0.4) is 0 Å². The fraction of sp³-hybridized carbons (Fsp3) is 0.286. The largest absolute Gasteiger partial charge is 0.493 e. The maximum atomic E-state index is 6.31. The highest BCUT2D eigenvalue weighted by atomic mass is 32.2. The number of thioether (sulfide) groups is 1. The van der Waals surface area contributed by atoms with Crippen LogP contribution in [-0.4, -0.2) is 35.2 Å². The summed E-state index contributed by atoms with van der Waals surface area (Å²) in [6.45, 7) is 2.12. The van der Waals surface area contributed by atoms with Crippen LogP contribution < -0.4 is 19.5 Å². The maximum absolute atomic E-state index is 6.31. The number of nitrogens with one attached hydrogen (secondary N) is 1. The zero-order valence-electron chi connectivity index (χ0n) is 16.5. The van der Waals surface area contributed by atoms with Crippen molar-refractivity contribution in [3.8, 4) is 28.6 Å². The Hall–Kier alpha value is -3.00. The Morgan fingerprint density at radius 1 is 1.07 bits per heavy atom. The second kappa shape index (κ2) is 8.57. The van der Waals surface area contributed by atoms with Crippen LogP contribution >= 0.6 is 11.8 Å². The van der Waals surface area contributed by atoms with Gasteiger partial charge in [0.2, 0.25) is 17.3 Å². The summed E-state index contributed by atoms with van der Waals surface area (Å²) in [6.07, 6.45) is 0.489. The lowest BCUT2D eigenvalue weighted by Crippen LogP contribution is -2.18. The molecule has 0 fully saturated rings. The molecule has 2 heterocycles. The lowest BCUT2D eigenvalue weighted by atomic mass is 10.1. The van der Waals surface area contributed by atoms with Crippen LogP contribution in [0.5, 0.6) is 17.4 Å². The number of fused-ring (bicyclic) bond motifs is 3. The summed E-state index contributed by atoms with van der Waals surface area (Å²) in [6, 6.07) is 13.6. The molecule has 4 rings (SSSR count). The molecule has 29 heavy (non-hydrogen) atoms. The Morgan fingerprint density at radius 3 is 2.72 bits per heavy atom. The van der Waals surface area contributed by atoms with Crippen molar-refractivity contribution in [2.45, 2.75) is 24.7 Å². The first-order valence-corrected chi connectivity index (χ1v) is 10.3. The number of hydrogen-bond acceptors (Lipinski definition) is 8. The molecule has 0 saturated carbocycles. The lowest BCUT2D eigenvalue weighted by molar-refractivity contribution is 0.218. The number of para-hydroxylation sites is 2. The molecular formula is C21H22N4O3S. The minimum absolute atomic E-state index is 0.436. The van der Waals surface area contributed by atoms with Crippen LogP contribution in [0.15, 0.2) is 47.6 Å². The number of benzene rings is 2. The molecule has 0 amide bonds. The molecule has 1 atom stereocenters. The molecule has 0 unspecified atom stereocenters. The van der Waals surface area contributed by atoms with Crippen molar-refractivity contribution in [3.05, 3.63) is 48.0 Å². The molecule has 1 aromatic heterocycles. The van der Waals surface area contributed by atoms with E-state index < -0.39 is 6.23 Å². The predicted octanol–water partition coefficient (Wildman–Crippen LogP) is 4.56. The number of anilines is 1. The average molecular weight is 410 g/mol. The van der Waals surface area contributed by atoms with Crippen LogP contribution in [0.1, 0.15) is 25.1 Å². The molecule has 0 radical (unpaired) electrons. The van der Waals surface area contributed by atoms with E-state index in [1.54, 1.807) is 26.0 Å². The van der Waals surface area contributed by atoms with E-state index in [1.807, 2.05) is 42.5 Å². The molecule has 0 bridgehead atoms. The van der Waals surface area contributed by atoms with Crippen molar-refractivity contribution in [2.75, 3.05) is 25.3 Å². The minimum Gasteiger partial charge on any atom is -0.493 e. The summed E-state index contributed by atoms with van der Waals surface area (Å²) in [7, 11) is 3.23. The Kier molecular flexibility index (Phi) is 5.71. The molecule has 1 aliphatic heterocycles. The molecule has 3 aromatic rings. The molecule has 0 saturated heterocycles. The Morgan fingerprint density at radius 2 is 1.93 bits per heavy atom. The number of aromatic nitrogens is 3. The number of rotatable bonds is 6. The summed E-state index contributed by atoms with van der Waals surface area (Å²) in [5.74, 6) is 2.60. The first kappa shape index (κ1) is 19.3. The van der Waals surface area contributed by atoms with Gasteiger partial charge in [-0.3, -0.25) is 0 Å². The molecule has 0 spiro atoms. The van der Waals surface area contributed by atoms with Crippen molar-refractivity contribution in [1.82, 2.24) is 15.2 Å². The Labute approximate surface area is 173 Å². The third kappa shape index (κ3) is 3.80. The summed E-state index contributed by atoms with van der Waals surface area (Å²) in [4.78, 5) is 4.64. The van der Waals surface area contributed by atoms with Gasteiger partial charge in [0, 0.05) is 17.0 Å². The number of methoxy groups -OCH3 is 2. The summed E-state index contributed by atoms with van der Waals surface area (Å²) in [5.41, 5.74) is 3.18. The van der Waals surface area contributed by atoms with Gasteiger partial charge in [-0.25, -0.2) is 0 Å². The van der Waals surface area contributed by atoms with E-state index in [2.05, 4.69) is 27.4 Å². The Bertz CT molecular complexity index is 1010. The molecular weight excluding hydrogens is 388 g/mol. The van der Waals surface area contributed by atoms with Gasteiger partial charge in [0.1, 0.15) is 0 Å². The SMILES string of the molecule is CCCSc1nnc2c(n1)O[C@@H](c1cccc(OC)c1OC)Nc1ccccc1-2. The van der Waals surface area contributed by atoms with E-state index in [4.69, 9.17) is 14.2 Å². The molecule has 1 aliphatic rings. The quantitative estimate of drug-likeness (QED) is 0.593. The lowest BCUT2D eigenvalue weighted by Gasteiger charge is -2.22. The zero-order chi connectivity index (χ0) is 20.2. The van der Waals surface area contributed by atoms with Crippen LogP contribution in [0.25, 0.3) is 11.3 Å². The average Bonchev–Trinajstić information content (AvgIpc) is 2.93. The molecule has 0 aliphatic carbocycles. The van der Waals surface area contributed by atoms with Gasteiger partial charge in [0.25, 0.3) is 0 Å². The maximum Gasteiger partial charge on any atom is 0.247 e. The fourth-order valence-corrected chi connectivity index (χ4v) is 3.79. The van der Waals surface area contributed by atoms with Crippen LogP contribution in [0.4, 0.5) is 5.69 Å². The highest BCUT2D eigenvalue weighted by Gasteiger charge is 2.28. The van der Waals surface area contributed by atoms with E-state index in [0.29, 0.717) is 28.2 Å². The third-order valence-electron chi connectivity index (χ3n) is 4.48. The molecule has 8 heteroatoms. The van der Waals surface area contributed by atoms with Crippen molar-refractivity contribution in [1.29, 1.82) is 0 Å². The topological polar surface area (TPSA) is 78.4 Å². The van der Waals surface area contributed by atoms with Gasteiger partial charge in [-0.15, -0.1) is 10.2 Å². The van der Waals surface area contributed by atoms with Crippen molar-refractivity contribution in [2.24, 2.45) is 0 Å². The van der Waals surface area contributed by atoms with Gasteiger partial charge in [-0.2, -0.15) is 4.98 Å². The first-order chi connectivity index (χ1) is 14.2. The summed E-state index contributed by atoms with van der Waals surface area (Å²) < 4.78 is 17.4. The minimum atomic E-state index is -0.539. The first-order valence-electron chi connectivity index (χ1n) is 9.36. The van der Waals surface area contributed by atoms with Crippen LogP contribution in [0, 0.1) is 0 Å². The van der Waals surface area contributed by atoms with E-state index in [-0.39, 0.29) is 0 Å². The highest BCUT2D eigenvalue weighted by Crippen LogP contribution is 2.42. The van der Waals surface area contributed by atoms with E-state index in [1.165, 1.54) is 0 Å². The van der Waals surface area contributed by atoms with Crippen LogP contribution in [-0.2, 0) is 0 Å². The van der Waals surface area contributed by atoms with E-state index in [0.717, 1.165) is 29.0 Å². The Balaban J connectivity index is 1.82. The van der Waals surface area contributed by atoms with E-state index >= 15 is 0 Å². The van der Waals surface area contributed by atoms with Gasteiger partial charge in [-0.05, 0) is 24.6 Å². The molecule has 150 valence electrons. The molecule has 1 N–H and O–H groups in total. The zero-order valence-corrected chi connectivity index (χ0v) is 17.3. The van der Waals surface area contributed by atoms with Gasteiger partial charge in [0.15, 0.2) is 17.2 Å². The van der Waals surface area contributed by atoms with Crippen molar-refractivity contribution in [3.63, 3.8) is 0 Å². The van der Waals surface area contributed by atoms with E-state index in [9.17, 15) is 0 Å². The van der Waals surface area contributed by atoms with Gasteiger partial charge in [-0.1, -0.05) is 43.0 Å². The van der Waals surface area contributed by atoms with Crippen LogP contribution in [0.2, 0.25) is 0 Å². The normalized spacial score (nSPS) is 14.7. The molecule has 2 aromatic carbocycles. The fourth-order valence-electron chi connectivity index (χ4n) is 3.16. The highest BCUT2D eigenvalue weighted by molar-refractivity contribution is 7.99.